The number of hydrogen-bond donors (Lipinski definition) is 0. The first kappa shape index (κ1) is 30.8. The summed E-state index contributed by atoms with van der Waals surface area (Å²) in [5.41, 5.74) is 2.82. The molecule has 10 nitrogen and oxygen atoms in total. The molecule has 1 aliphatic heterocycles. The van der Waals surface area contributed by atoms with Crippen LogP contribution in [0.15, 0.2) is 92.7 Å². The molecule has 0 saturated heterocycles. The number of nitro groups is 1. The van der Waals surface area contributed by atoms with Gasteiger partial charge in [0.1, 0.15) is 6.61 Å². The molecule has 0 fully saturated rings. The Kier molecular flexibility index (Phi) is 9.31. The average molecular weight is 632 g/mol. The second-order valence-electron chi connectivity index (χ2n) is 9.70. The van der Waals surface area contributed by atoms with Gasteiger partial charge in [-0.25, -0.2) is 9.79 Å². The normalized spacial score (nSPS) is 14.5. The number of nitro benzene ring substituents is 1. The van der Waals surface area contributed by atoms with Crippen LogP contribution in [0.2, 0.25) is 0 Å². The molecule has 0 aliphatic carbocycles. The SMILES string of the molecule is CCOC(=O)C1=C(C)N=c2s/c(=C\c3ccc(OCc4ccc([N+](=O)[O-])cc4)c(OC)c3)c(=O)n2[C@H]1c1ccc(SC)cc1. The Hall–Kier alpha value is -4.68. The van der Waals surface area contributed by atoms with E-state index in [2.05, 4.69) is 4.99 Å². The first-order valence-corrected chi connectivity index (χ1v) is 15.7. The molecule has 0 spiro atoms. The molecule has 12 heteroatoms. The molecular weight excluding hydrogens is 603 g/mol. The van der Waals surface area contributed by atoms with Gasteiger partial charge in [0.15, 0.2) is 16.3 Å². The fourth-order valence-electron chi connectivity index (χ4n) is 4.81. The summed E-state index contributed by atoms with van der Waals surface area (Å²) in [5.74, 6) is 0.435. The van der Waals surface area contributed by atoms with Gasteiger partial charge in [-0.15, -0.1) is 11.8 Å². The minimum Gasteiger partial charge on any atom is -0.493 e. The zero-order chi connectivity index (χ0) is 31.4. The highest BCUT2D eigenvalue weighted by atomic mass is 32.2. The highest BCUT2D eigenvalue weighted by molar-refractivity contribution is 7.98. The highest BCUT2D eigenvalue weighted by Crippen LogP contribution is 2.32. The molecule has 44 heavy (non-hydrogen) atoms. The minimum atomic E-state index is -0.687. The van der Waals surface area contributed by atoms with Crippen molar-refractivity contribution in [2.45, 2.75) is 31.4 Å². The van der Waals surface area contributed by atoms with Gasteiger partial charge in [0.2, 0.25) is 0 Å². The van der Waals surface area contributed by atoms with Gasteiger partial charge < -0.3 is 14.2 Å². The molecule has 0 radical (unpaired) electrons. The van der Waals surface area contributed by atoms with E-state index in [1.165, 1.54) is 30.6 Å². The molecule has 3 aromatic carbocycles. The molecular formula is C32H29N3O7S2. The molecule has 0 amide bonds. The largest absolute Gasteiger partial charge is 0.493 e. The van der Waals surface area contributed by atoms with E-state index in [0.29, 0.717) is 37.7 Å². The monoisotopic (exact) mass is 631 g/mol. The number of non-ortho nitro benzene ring substituents is 1. The van der Waals surface area contributed by atoms with E-state index < -0.39 is 16.9 Å². The van der Waals surface area contributed by atoms with E-state index in [9.17, 15) is 19.7 Å². The van der Waals surface area contributed by atoms with Crippen molar-refractivity contribution >= 4 is 40.8 Å². The van der Waals surface area contributed by atoms with Crippen molar-refractivity contribution in [3.8, 4) is 11.5 Å². The lowest BCUT2D eigenvalue weighted by atomic mass is 9.96. The van der Waals surface area contributed by atoms with Crippen LogP contribution in [-0.2, 0) is 16.1 Å². The fraction of sp³-hybridized carbons (Fsp3) is 0.219. The number of thiazole rings is 1. The van der Waals surface area contributed by atoms with Crippen LogP contribution in [0.4, 0.5) is 5.69 Å². The maximum Gasteiger partial charge on any atom is 0.338 e. The Morgan fingerprint density at radius 3 is 2.48 bits per heavy atom. The Balaban J connectivity index is 1.50. The van der Waals surface area contributed by atoms with Crippen LogP contribution < -0.4 is 24.4 Å². The number of thioether (sulfide) groups is 1. The molecule has 5 rings (SSSR count). The first-order chi connectivity index (χ1) is 21.2. The van der Waals surface area contributed by atoms with E-state index in [1.807, 2.05) is 30.5 Å². The van der Waals surface area contributed by atoms with Gasteiger partial charge in [0.25, 0.3) is 11.2 Å². The van der Waals surface area contributed by atoms with Gasteiger partial charge in [-0.1, -0.05) is 29.5 Å². The molecule has 0 bridgehead atoms. The van der Waals surface area contributed by atoms with Crippen molar-refractivity contribution in [1.82, 2.24) is 4.57 Å². The number of carbonyl (C=O) groups is 1. The third-order valence-corrected chi connectivity index (χ3v) is 8.70. The van der Waals surface area contributed by atoms with Gasteiger partial charge in [0.05, 0.1) is 40.5 Å². The summed E-state index contributed by atoms with van der Waals surface area (Å²) in [5, 5.41) is 10.9. The van der Waals surface area contributed by atoms with Gasteiger partial charge in [-0.2, -0.15) is 0 Å². The van der Waals surface area contributed by atoms with Crippen molar-refractivity contribution in [3.63, 3.8) is 0 Å². The van der Waals surface area contributed by atoms with Crippen molar-refractivity contribution < 1.29 is 23.9 Å². The van der Waals surface area contributed by atoms with Crippen molar-refractivity contribution in [3.05, 3.63) is 124 Å². The van der Waals surface area contributed by atoms with Crippen molar-refractivity contribution in [2.24, 2.45) is 4.99 Å². The number of ether oxygens (including phenoxy) is 3. The quantitative estimate of drug-likeness (QED) is 0.104. The van der Waals surface area contributed by atoms with Crippen molar-refractivity contribution in [2.75, 3.05) is 20.0 Å². The zero-order valence-corrected chi connectivity index (χ0v) is 26.1. The molecule has 1 atom stereocenters. The number of nitrogens with zero attached hydrogens (tertiary/aromatic N) is 3. The zero-order valence-electron chi connectivity index (χ0n) is 24.4. The maximum absolute atomic E-state index is 13.9. The summed E-state index contributed by atoms with van der Waals surface area (Å²) in [4.78, 5) is 43.7. The Bertz CT molecular complexity index is 1930. The first-order valence-electron chi connectivity index (χ1n) is 13.6. The summed E-state index contributed by atoms with van der Waals surface area (Å²) in [6.07, 6.45) is 3.74. The third-order valence-electron chi connectivity index (χ3n) is 6.98. The molecule has 1 aliphatic rings. The Morgan fingerprint density at radius 2 is 1.84 bits per heavy atom. The summed E-state index contributed by atoms with van der Waals surface area (Å²) < 4.78 is 18.8. The van der Waals surface area contributed by atoms with Crippen LogP contribution in [0.3, 0.4) is 0 Å². The smallest absolute Gasteiger partial charge is 0.338 e. The summed E-state index contributed by atoms with van der Waals surface area (Å²) in [7, 11) is 1.52. The number of benzene rings is 3. The van der Waals surface area contributed by atoms with Crippen LogP contribution in [0.25, 0.3) is 6.08 Å². The number of carbonyl (C=O) groups excluding carboxylic acids is 1. The lowest BCUT2D eigenvalue weighted by Gasteiger charge is -2.24. The molecule has 0 unspecified atom stereocenters. The van der Waals surface area contributed by atoms with E-state index in [4.69, 9.17) is 14.2 Å². The minimum absolute atomic E-state index is 0.00746. The number of hydrogen-bond acceptors (Lipinski definition) is 10. The van der Waals surface area contributed by atoms with Gasteiger partial charge >= 0.3 is 5.97 Å². The van der Waals surface area contributed by atoms with Gasteiger partial charge in [0, 0.05) is 17.0 Å². The van der Waals surface area contributed by atoms with E-state index >= 15 is 0 Å². The van der Waals surface area contributed by atoms with Crippen molar-refractivity contribution in [1.29, 1.82) is 0 Å². The topological polar surface area (TPSA) is 122 Å². The average Bonchev–Trinajstić information content (AvgIpc) is 3.33. The molecule has 2 heterocycles. The number of esters is 1. The van der Waals surface area contributed by atoms with E-state index in [0.717, 1.165) is 16.0 Å². The maximum atomic E-state index is 13.9. The van der Waals surface area contributed by atoms with Gasteiger partial charge in [-0.05, 0) is 79.3 Å². The Morgan fingerprint density at radius 1 is 1.11 bits per heavy atom. The van der Waals surface area contributed by atoms with Crippen LogP contribution in [0.5, 0.6) is 11.5 Å². The van der Waals surface area contributed by atoms with Crippen LogP contribution >= 0.6 is 23.1 Å². The summed E-state index contributed by atoms with van der Waals surface area (Å²) >= 11 is 2.85. The predicted molar refractivity (Wildman–Crippen MR) is 169 cm³/mol. The molecule has 0 saturated carbocycles. The van der Waals surface area contributed by atoms with E-state index in [-0.39, 0.29) is 24.5 Å². The molecule has 1 aromatic heterocycles. The molecule has 4 aromatic rings. The number of methoxy groups -OCH3 is 1. The standard InChI is InChI=1S/C32H29N3O7S2/c1-5-41-31(37)28-19(2)33-32-34(29(28)22-9-13-24(43-4)14-10-22)30(36)27(44-32)17-21-8-15-25(26(16-21)40-3)42-18-20-6-11-23(12-7-20)35(38)39/h6-17,29H,5,18H2,1-4H3/b27-17-/t29-/m0/s1. The summed E-state index contributed by atoms with van der Waals surface area (Å²) in [6, 6.07) is 18.5. The summed E-state index contributed by atoms with van der Waals surface area (Å²) in [6.45, 7) is 3.89. The highest BCUT2D eigenvalue weighted by Gasteiger charge is 2.33. The second kappa shape index (κ2) is 13.3. The lowest BCUT2D eigenvalue weighted by molar-refractivity contribution is -0.384. The number of fused-ring (bicyclic) bond motifs is 1. The molecule has 226 valence electrons. The van der Waals surface area contributed by atoms with Crippen LogP contribution in [-0.4, -0.2) is 35.4 Å². The van der Waals surface area contributed by atoms with E-state index in [1.54, 1.807) is 66.6 Å². The number of aromatic nitrogens is 1. The predicted octanol–water partition coefficient (Wildman–Crippen LogP) is 5.02. The van der Waals surface area contributed by atoms with Crippen LogP contribution in [0, 0.1) is 10.1 Å². The lowest BCUT2D eigenvalue weighted by Crippen LogP contribution is -2.39. The number of allylic oxidation sites excluding steroid dienone is 1. The second-order valence-corrected chi connectivity index (χ2v) is 11.6. The number of rotatable bonds is 10. The molecule has 0 N–H and O–H groups in total. The van der Waals surface area contributed by atoms with Crippen LogP contribution in [0.1, 0.15) is 36.6 Å². The Labute approximate surface area is 261 Å². The third kappa shape index (κ3) is 6.31. The van der Waals surface area contributed by atoms with Gasteiger partial charge in [-0.3, -0.25) is 19.5 Å². The fourth-order valence-corrected chi connectivity index (χ4v) is 6.27.